The molecule has 2 aliphatic rings. The topological polar surface area (TPSA) is 99.8 Å². The van der Waals surface area contributed by atoms with Crippen molar-refractivity contribution >= 4 is 29.5 Å². The lowest BCUT2D eigenvalue weighted by atomic mass is 10.2. The summed E-state index contributed by atoms with van der Waals surface area (Å²) in [5.41, 5.74) is 3.65. The van der Waals surface area contributed by atoms with Crippen molar-refractivity contribution in [1.29, 1.82) is 0 Å². The summed E-state index contributed by atoms with van der Waals surface area (Å²) in [7, 11) is 0. The van der Waals surface area contributed by atoms with Gasteiger partial charge >= 0.3 is 0 Å². The number of rotatable bonds is 6. The van der Waals surface area contributed by atoms with Gasteiger partial charge in [-0.2, -0.15) is 15.1 Å². The zero-order chi connectivity index (χ0) is 19.3. The van der Waals surface area contributed by atoms with E-state index in [0.717, 1.165) is 50.8 Å². The molecular weight excluding hydrogens is 358 g/mol. The first-order chi connectivity index (χ1) is 13.7. The number of benzene rings is 1. The van der Waals surface area contributed by atoms with Gasteiger partial charge in [0.25, 0.3) is 5.69 Å². The quantitative estimate of drug-likeness (QED) is 0.466. The average molecular weight is 381 g/mol. The zero-order valence-corrected chi connectivity index (χ0v) is 15.6. The van der Waals surface area contributed by atoms with Crippen LogP contribution in [0.4, 0.5) is 23.3 Å². The molecule has 28 heavy (non-hydrogen) atoms. The average Bonchev–Trinajstić information content (AvgIpc) is 3.42. The molecular formula is C19H23N7O2. The number of hydrogen-bond acceptors (Lipinski definition) is 8. The summed E-state index contributed by atoms with van der Waals surface area (Å²) >= 11 is 0. The second-order valence-corrected chi connectivity index (χ2v) is 7.02. The maximum absolute atomic E-state index is 10.9. The number of hydrogen-bond donors (Lipinski definition) is 1. The fourth-order valence-corrected chi connectivity index (χ4v) is 3.54. The molecule has 2 fully saturated rings. The third-order valence-electron chi connectivity index (χ3n) is 4.99. The monoisotopic (exact) mass is 381 g/mol. The highest BCUT2D eigenvalue weighted by Crippen LogP contribution is 2.25. The van der Waals surface area contributed by atoms with Crippen LogP contribution in [0.2, 0.25) is 0 Å². The van der Waals surface area contributed by atoms with Crippen LogP contribution < -0.4 is 15.2 Å². The van der Waals surface area contributed by atoms with Crippen molar-refractivity contribution in [3.63, 3.8) is 0 Å². The molecule has 0 aliphatic carbocycles. The SMILES string of the molecule is O=[N+]([O-])c1cccc(C=NNc2cc(N3CCCC3)nc(N3CCCC3)n2)c1. The fourth-order valence-electron chi connectivity index (χ4n) is 3.54. The van der Waals surface area contributed by atoms with Crippen LogP contribution in [0.5, 0.6) is 0 Å². The van der Waals surface area contributed by atoms with Crippen molar-refractivity contribution in [1.82, 2.24) is 9.97 Å². The van der Waals surface area contributed by atoms with Gasteiger partial charge in [-0.3, -0.25) is 15.5 Å². The summed E-state index contributed by atoms with van der Waals surface area (Å²) in [5, 5.41) is 15.1. The molecule has 0 spiro atoms. The van der Waals surface area contributed by atoms with Crippen molar-refractivity contribution in [2.75, 3.05) is 41.4 Å². The van der Waals surface area contributed by atoms with E-state index in [-0.39, 0.29) is 5.69 Å². The molecule has 1 N–H and O–H groups in total. The number of nitro groups is 1. The highest BCUT2D eigenvalue weighted by Gasteiger charge is 2.20. The lowest BCUT2D eigenvalue weighted by molar-refractivity contribution is -0.384. The Labute approximate surface area is 163 Å². The summed E-state index contributed by atoms with van der Waals surface area (Å²) in [6.07, 6.45) is 6.23. The Morgan fingerprint density at radius 2 is 1.75 bits per heavy atom. The number of nitrogens with zero attached hydrogens (tertiary/aromatic N) is 6. The normalized spacial score (nSPS) is 16.9. The third kappa shape index (κ3) is 4.19. The van der Waals surface area contributed by atoms with Crippen molar-refractivity contribution in [2.45, 2.75) is 25.7 Å². The van der Waals surface area contributed by atoms with E-state index in [4.69, 9.17) is 4.98 Å². The van der Waals surface area contributed by atoms with Crippen LogP contribution in [0.25, 0.3) is 0 Å². The summed E-state index contributed by atoms with van der Waals surface area (Å²) in [5.74, 6) is 2.28. The molecule has 9 nitrogen and oxygen atoms in total. The molecule has 2 saturated heterocycles. The molecule has 2 aromatic rings. The van der Waals surface area contributed by atoms with Gasteiger partial charge in [-0.05, 0) is 25.7 Å². The first kappa shape index (κ1) is 18.1. The van der Waals surface area contributed by atoms with Gasteiger partial charge in [-0.1, -0.05) is 12.1 Å². The van der Waals surface area contributed by atoms with Gasteiger partial charge in [-0.25, -0.2) is 0 Å². The van der Waals surface area contributed by atoms with Gasteiger partial charge in [-0.15, -0.1) is 0 Å². The molecule has 0 saturated carbocycles. The van der Waals surface area contributed by atoms with E-state index in [0.29, 0.717) is 11.4 Å². The number of nitrogens with one attached hydrogen (secondary N) is 1. The predicted octanol–water partition coefficient (Wildman–Crippen LogP) is 3.03. The molecule has 146 valence electrons. The van der Waals surface area contributed by atoms with Gasteiger partial charge < -0.3 is 9.80 Å². The first-order valence-corrected chi connectivity index (χ1v) is 9.61. The second kappa shape index (κ2) is 8.20. The van der Waals surface area contributed by atoms with E-state index >= 15 is 0 Å². The Hall–Kier alpha value is -3.23. The Morgan fingerprint density at radius 3 is 2.46 bits per heavy atom. The lowest BCUT2D eigenvalue weighted by Gasteiger charge is -2.21. The second-order valence-electron chi connectivity index (χ2n) is 7.02. The number of hydrazone groups is 1. The standard InChI is InChI=1S/C19H23N7O2/c27-26(28)16-7-5-6-15(12-16)14-20-23-17-13-18(24-8-1-2-9-24)22-19(21-17)25-10-3-4-11-25/h5-7,12-14H,1-4,8-11H2,(H,21,22,23). The van der Waals surface area contributed by atoms with Gasteiger partial charge in [0, 0.05) is 49.9 Å². The maximum Gasteiger partial charge on any atom is 0.270 e. The van der Waals surface area contributed by atoms with Crippen LogP contribution in [0, 0.1) is 10.1 Å². The molecule has 0 radical (unpaired) electrons. The van der Waals surface area contributed by atoms with E-state index < -0.39 is 4.92 Å². The Kier molecular flexibility index (Phi) is 5.31. The summed E-state index contributed by atoms with van der Waals surface area (Å²) < 4.78 is 0. The fraction of sp³-hybridized carbons (Fsp3) is 0.421. The van der Waals surface area contributed by atoms with E-state index in [2.05, 4.69) is 25.3 Å². The minimum Gasteiger partial charge on any atom is -0.356 e. The van der Waals surface area contributed by atoms with E-state index in [1.165, 1.54) is 25.0 Å². The maximum atomic E-state index is 10.9. The van der Waals surface area contributed by atoms with Gasteiger partial charge in [0.1, 0.15) is 5.82 Å². The smallest absolute Gasteiger partial charge is 0.270 e. The highest BCUT2D eigenvalue weighted by molar-refractivity contribution is 5.81. The van der Waals surface area contributed by atoms with E-state index in [1.54, 1.807) is 18.3 Å². The zero-order valence-electron chi connectivity index (χ0n) is 15.6. The van der Waals surface area contributed by atoms with Gasteiger partial charge in [0.05, 0.1) is 11.1 Å². The minimum absolute atomic E-state index is 0.0404. The summed E-state index contributed by atoms with van der Waals surface area (Å²) in [6.45, 7) is 3.96. The summed E-state index contributed by atoms with van der Waals surface area (Å²) in [4.78, 5) is 24.3. The molecule has 1 aromatic carbocycles. The number of nitro benzene ring substituents is 1. The molecule has 0 bridgehead atoms. The van der Waals surface area contributed by atoms with Crippen LogP contribution >= 0.6 is 0 Å². The van der Waals surface area contributed by atoms with Gasteiger partial charge in [0.2, 0.25) is 5.95 Å². The third-order valence-corrected chi connectivity index (χ3v) is 4.99. The molecule has 2 aliphatic heterocycles. The molecule has 0 unspecified atom stereocenters. The van der Waals surface area contributed by atoms with E-state index in [1.807, 2.05) is 6.07 Å². The lowest BCUT2D eigenvalue weighted by Crippen LogP contribution is -2.24. The first-order valence-electron chi connectivity index (χ1n) is 9.61. The van der Waals surface area contributed by atoms with Gasteiger partial charge in [0.15, 0.2) is 5.82 Å². The van der Waals surface area contributed by atoms with Crippen molar-refractivity contribution in [3.8, 4) is 0 Å². The molecule has 1 aromatic heterocycles. The molecule has 0 atom stereocenters. The molecule has 4 rings (SSSR count). The number of non-ortho nitro benzene ring substituents is 1. The van der Waals surface area contributed by atoms with Crippen molar-refractivity contribution in [3.05, 3.63) is 46.0 Å². The largest absolute Gasteiger partial charge is 0.356 e. The number of aromatic nitrogens is 2. The van der Waals surface area contributed by atoms with Crippen LogP contribution in [0.15, 0.2) is 35.4 Å². The van der Waals surface area contributed by atoms with Crippen LogP contribution in [-0.4, -0.2) is 47.3 Å². The van der Waals surface area contributed by atoms with Crippen molar-refractivity contribution < 1.29 is 4.92 Å². The minimum atomic E-state index is -0.417. The summed E-state index contributed by atoms with van der Waals surface area (Å²) in [6, 6.07) is 8.26. The van der Waals surface area contributed by atoms with Crippen molar-refractivity contribution in [2.24, 2.45) is 5.10 Å². The number of anilines is 3. The Balaban J connectivity index is 1.54. The van der Waals surface area contributed by atoms with Crippen LogP contribution in [0.3, 0.4) is 0 Å². The molecule has 9 heteroatoms. The molecule has 0 amide bonds. The Bertz CT molecular complexity index is 840. The Morgan fingerprint density at radius 1 is 1.04 bits per heavy atom. The highest BCUT2D eigenvalue weighted by atomic mass is 16.6. The van der Waals surface area contributed by atoms with E-state index in [9.17, 15) is 10.1 Å². The van der Waals surface area contributed by atoms with Crippen LogP contribution in [-0.2, 0) is 0 Å². The molecule has 3 heterocycles. The predicted molar refractivity (Wildman–Crippen MR) is 109 cm³/mol. The van der Waals surface area contributed by atoms with Crippen LogP contribution in [0.1, 0.15) is 31.2 Å².